The molecule has 0 saturated heterocycles. The highest BCUT2D eigenvalue weighted by Crippen LogP contribution is 2.08. The van der Waals surface area contributed by atoms with Crippen LogP contribution in [0.15, 0.2) is 0 Å². The molecule has 0 aromatic rings. The van der Waals surface area contributed by atoms with Gasteiger partial charge in [0.1, 0.15) is 13.2 Å². The number of rotatable bonds is 14. The van der Waals surface area contributed by atoms with Crippen molar-refractivity contribution in [3.63, 3.8) is 0 Å². The Morgan fingerprint density at radius 1 is 0.818 bits per heavy atom. The molecule has 0 fully saturated rings. The Kier molecular flexibility index (Phi) is 14.0. The van der Waals surface area contributed by atoms with Crippen molar-refractivity contribution >= 4 is 11.9 Å². The van der Waals surface area contributed by atoms with E-state index in [0.717, 1.165) is 12.8 Å². The molecule has 0 bridgehead atoms. The highest BCUT2D eigenvalue weighted by atomic mass is 16.6. The molecule has 130 valence electrons. The van der Waals surface area contributed by atoms with Gasteiger partial charge in [0.2, 0.25) is 0 Å². The zero-order valence-electron chi connectivity index (χ0n) is 14.1. The van der Waals surface area contributed by atoms with Crippen LogP contribution in [0.2, 0.25) is 0 Å². The van der Waals surface area contributed by atoms with Crippen molar-refractivity contribution < 1.29 is 28.5 Å². The summed E-state index contributed by atoms with van der Waals surface area (Å²) in [5.41, 5.74) is 0. The van der Waals surface area contributed by atoms with Gasteiger partial charge in [-0.15, -0.1) is 0 Å². The van der Waals surface area contributed by atoms with Gasteiger partial charge in [0, 0.05) is 19.6 Å². The fourth-order valence-electron chi connectivity index (χ4n) is 1.58. The molecule has 0 aliphatic rings. The van der Waals surface area contributed by atoms with Crippen molar-refractivity contribution in [1.82, 2.24) is 0 Å². The van der Waals surface area contributed by atoms with Crippen LogP contribution >= 0.6 is 0 Å². The van der Waals surface area contributed by atoms with Crippen molar-refractivity contribution in [1.29, 1.82) is 0 Å². The number of hydrogen-bond acceptors (Lipinski definition) is 6. The highest BCUT2D eigenvalue weighted by molar-refractivity contribution is 5.74. The van der Waals surface area contributed by atoms with E-state index in [1.54, 1.807) is 6.92 Å². The first-order valence-corrected chi connectivity index (χ1v) is 8.09. The van der Waals surface area contributed by atoms with Gasteiger partial charge in [-0.1, -0.05) is 20.8 Å². The molecule has 0 N–H and O–H groups in total. The molecule has 0 saturated carbocycles. The third-order valence-corrected chi connectivity index (χ3v) is 2.84. The van der Waals surface area contributed by atoms with Gasteiger partial charge in [-0.3, -0.25) is 9.59 Å². The SMILES string of the molecule is CCCOCCOC(=O)CCC(C)C(=O)OCCOCCC. The minimum atomic E-state index is -0.324. The normalized spacial score (nSPS) is 12.0. The molecule has 0 amide bonds. The van der Waals surface area contributed by atoms with Gasteiger partial charge < -0.3 is 18.9 Å². The summed E-state index contributed by atoms with van der Waals surface area (Å²) >= 11 is 0. The van der Waals surface area contributed by atoms with Crippen LogP contribution in [0.25, 0.3) is 0 Å². The van der Waals surface area contributed by atoms with E-state index < -0.39 is 0 Å². The second kappa shape index (κ2) is 14.8. The maximum absolute atomic E-state index is 11.7. The molecule has 0 aromatic carbocycles. The second-order valence-corrected chi connectivity index (χ2v) is 5.05. The fraction of sp³-hybridized carbons (Fsp3) is 0.875. The van der Waals surface area contributed by atoms with Crippen LogP contribution in [0.4, 0.5) is 0 Å². The Labute approximate surface area is 133 Å². The van der Waals surface area contributed by atoms with E-state index in [4.69, 9.17) is 18.9 Å². The highest BCUT2D eigenvalue weighted by Gasteiger charge is 2.16. The summed E-state index contributed by atoms with van der Waals surface area (Å²) in [6.07, 6.45) is 2.51. The Hall–Kier alpha value is -1.14. The summed E-state index contributed by atoms with van der Waals surface area (Å²) in [6, 6.07) is 0. The molecule has 0 aliphatic heterocycles. The summed E-state index contributed by atoms with van der Waals surface area (Å²) in [6.45, 7) is 8.44. The summed E-state index contributed by atoms with van der Waals surface area (Å²) in [5.74, 6) is -0.944. The molecular formula is C16H30O6. The summed E-state index contributed by atoms with van der Waals surface area (Å²) in [5, 5.41) is 0. The molecule has 6 heteroatoms. The van der Waals surface area contributed by atoms with Crippen LogP contribution in [0.5, 0.6) is 0 Å². The van der Waals surface area contributed by atoms with Crippen LogP contribution in [0, 0.1) is 5.92 Å². The van der Waals surface area contributed by atoms with Gasteiger partial charge >= 0.3 is 11.9 Å². The number of carbonyl (C=O) groups is 2. The minimum Gasteiger partial charge on any atom is -0.463 e. The van der Waals surface area contributed by atoms with Gasteiger partial charge in [0.25, 0.3) is 0 Å². The van der Waals surface area contributed by atoms with Gasteiger partial charge in [-0.25, -0.2) is 0 Å². The molecule has 0 aromatic heterocycles. The molecule has 1 atom stereocenters. The topological polar surface area (TPSA) is 71.1 Å². The minimum absolute atomic E-state index is 0.205. The lowest BCUT2D eigenvalue weighted by atomic mass is 10.1. The Bertz CT molecular complexity index is 292. The predicted molar refractivity (Wildman–Crippen MR) is 82.5 cm³/mol. The van der Waals surface area contributed by atoms with Crippen LogP contribution in [0.1, 0.15) is 46.5 Å². The van der Waals surface area contributed by atoms with Crippen LogP contribution in [-0.4, -0.2) is 51.6 Å². The van der Waals surface area contributed by atoms with E-state index in [1.807, 2.05) is 13.8 Å². The second-order valence-electron chi connectivity index (χ2n) is 5.05. The number of hydrogen-bond donors (Lipinski definition) is 0. The van der Waals surface area contributed by atoms with Crippen LogP contribution in [0.3, 0.4) is 0 Å². The lowest BCUT2D eigenvalue weighted by Gasteiger charge is -2.11. The van der Waals surface area contributed by atoms with Crippen molar-refractivity contribution in [2.75, 3.05) is 39.6 Å². The zero-order chi connectivity index (χ0) is 16.6. The van der Waals surface area contributed by atoms with Crippen molar-refractivity contribution in [2.24, 2.45) is 5.92 Å². The lowest BCUT2D eigenvalue weighted by molar-refractivity contribution is -0.150. The largest absolute Gasteiger partial charge is 0.463 e. The summed E-state index contributed by atoms with van der Waals surface area (Å²) in [4.78, 5) is 23.2. The monoisotopic (exact) mass is 318 g/mol. The average Bonchev–Trinajstić information content (AvgIpc) is 2.52. The molecule has 0 aliphatic carbocycles. The van der Waals surface area contributed by atoms with Gasteiger partial charge in [-0.2, -0.15) is 0 Å². The van der Waals surface area contributed by atoms with E-state index in [0.29, 0.717) is 32.8 Å². The molecule has 0 heterocycles. The standard InChI is InChI=1S/C16H30O6/c1-4-8-19-10-12-21-15(17)7-6-14(3)16(18)22-13-11-20-9-5-2/h14H,4-13H2,1-3H3. The lowest BCUT2D eigenvalue weighted by Crippen LogP contribution is -2.19. The number of ether oxygens (including phenoxy) is 4. The van der Waals surface area contributed by atoms with E-state index >= 15 is 0 Å². The molecule has 22 heavy (non-hydrogen) atoms. The van der Waals surface area contributed by atoms with E-state index in [9.17, 15) is 9.59 Å². The van der Waals surface area contributed by atoms with Gasteiger partial charge in [0.15, 0.2) is 0 Å². The summed E-state index contributed by atoms with van der Waals surface area (Å²) < 4.78 is 20.5. The van der Waals surface area contributed by atoms with Crippen molar-refractivity contribution in [3.8, 4) is 0 Å². The van der Waals surface area contributed by atoms with Crippen molar-refractivity contribution in [3.05, 3.63) is 0 Å². The van der Waals surface area contributed by atoms with E-state index in [1.165, 1.54) is 0 Å². The fourth-order valence-corrected chi connectivity index (χ4v) is 1.58. The third kappa shape index (κ3) is 12.6. The van der Waals surface area contributed by atoms with E-state index in [-0.39, 0.29) is 37.5 Å². The number of carbonyl (C=O) groups excluding carboxylic acids is 2. The zero-order valence-corrected chi connectivity index (χ0v) is 14.1. The maximum Gasteiger partial charge on any atom is 0.308 e. The van der Waals surface area contributed by atoms with E-state index in [2.05, 4.69) is 0 Å². The predicted octanol–water partition coefficient (Wildman–Crippen LogP) is 2.34. The Morgan fingerprint density at radius 2 is 1.36 bits per heavy atom. The maximum atomic E-state index is 11.7. The van der Waals surface area contributed by atoms with Crippen molar-refractivity contribution in [2.45, 2.75) is 46.5 Å². The van der Waals surface area contributed by atoms with Gasteiger partial charge in [-0.05, 0) is 19.3 Å². The molecule has 1 unspecified atom stereocenters. The van der Waals surface area contributed by atoms with Crippen LogP contribution < -0.4 is 0 Å². The first-order chi connectivity index (χ1) is 10.6. The quantitative estimate of drug-likeness (QED) is 0.362. The summed E-state index contributed by atoms with van der Waals surface area (Å²) in [7, 11) is 0. The third-order valence-electron chi connectivity index (χ3n) is 2.84. The molecule has 6 nitrogen and oxygen atoms in total. The van der Waals surface area contributed by atoms with Gasteiger partial charge in [0.05, 0.1) is 19.1 Å². The Balaban J connectivity index is 3.58. The van der Waals surface area contributed by atoms with Crippen LogP contribution in [-0.2, 0) is 28.5 Å². The average molecular weight is 318 g/mol. The molecule has 0 spiro atoms. The first-order valence-electron chi connectivity index (χ1n) is 8.09. The number of esters is 2. The molecule has 0 radical (unpaired) electrons. The smallest absolute Gasteiger partial charge is 0.308 e. The molecule has 0 rings (SSSR count). The Morgan fingerprint density at radius 3 is 1.91 bits per heavy atom. The molecular weight excluding hydrogens is 288 g/mol. The first kappa shape index (κ1) is 20.9.